The van der Waals surface area contributed by atoms with Crippen molar-refractivity contribution < 1.29 is 4.79 Å². The van der Waals surface area contributed by atoms with E-state index < -0.39 is 0 Å². The molecule has 4 heterocycles. The molecule has 1 aliphatic rings. The van der Waals surface area contributed by atoms with Crippen molar-refractivity contribution in [3.05, 3.63) is 73.2 Å². The Balaban J connectivity index is 1.33. The van der Waals surface area contributed by atoms with Crippen LogP contribution in [0, 0.1) is 0 Å². The molecule has 1 amide bonds. The van der Waals surface area contributed by atoms with Crippen LogP contribution in [0.15, 0.2) is 73.2 Å². The first-order valence-electron chi connectivity index (χ1n) is 12.6. The van der Waals surface area contributed by atoms with Crippen LogP contribution in [-0.2, 0) is 4.79 Å². The van der Waals surface area contributed by atoms with Gasteiger partial charge in [-0.2, -0.15) is 0 Å². The molecule has 3 aromatic heterocycles. The van der Waals surface area contributed by atoms with Gasteiger partial charge in [-0.15, -0.1) is 0 Å². The molecule has 1 atom stereocenters. The second-order valence-corrected chi connectivity index (χ2v) is 9.42. The zero-order chi connectivity index (χ0) is 26.3. The minimum atomic E-state index is -0.182. The molecule has 1 saturated heterocycles. The third-order valence-corrected chi connectivity index (χ3v) is 6.07. The molecule has 0 spiro atoms. The number of amides is 1. The molecule has 38 heavy (non-hydrogen) atoms. The molecule has 10 nitrogen and oxygen atoms in total. The van der Waals surface area contributed by atoms with Crippen LogP contribution < -0.4 is 21.3 Å². The predicted molar refractivity (Wildman–Crippen MR) is 152 cm³/mol. The highest BCUT2D eigenvalue weighted by Gasteiger charge is 2.14. The zero-order valence-corrected chi connectivity index (χ0v) is 21.5. The molecular formula is C28H31N9O. The van der Waals surface area contributed by atoms with Gasteiger partial charge in [0, 0.05) is 54.2 Å². The Bertz CT molecular complexity index is 1430. The smallest absolute Gasteiger partial charge is 0.248 e. The average Bonchev–Trinajstić information content (AvgIpc) is 3.42. The van der Waals surface area contributed by atoms with Gasteiger partial charge in [-0.05, 0) is 57.4 Å². The van der Waals surface area contributed by atoms with E-state index in [0.717, 1.165) is 42.0 Å². The topological polar surface area (TPSA) is 120 Å². The van der Waals surface area contributed by atoms with Gasteiger partial charge in [0.05, 0.1) is 17.6 Å². The molecule has 1 unspecified atom stereocenters. The molecule has 4 aromatic rings. The number of likely N-dealkylation sites (N-methyl/N-ethyl adjacent to an activating group) is 1. The number of carbonyl (C=O) groups excluding carboxylic acids is 1. The van der Waals surface area contributed by atoms with E-state index in [1.54, 1.807) is 18.6 Å². The Labute approximate surface area is 221 Å². The lowest BCUT2D eigenvalue weighted by molar-refractivity contribution is -0.111. The van der Waals surface area contributed by atoms with Crippen LogP contribution in [0.2, 0.25) is 0 Å². The molecule has 0 radical (unpaired) electrons. The van der Waals surface area contributed by atoms with Crippen LogP contribution in [-0.4, -0.2) is 70.5 Å². The number of anilines is 4. The maximum atomic E-state index is 12.3. The van der Waals surface area contributed by atoms with Crippen molar-refractivity contribution in [2.75, 3.05) is 49.7 Å². The molecule has 1 fully saturated rings. The van der Waals surface area contributed by atoms with Gasteiger partial charge in [-0.1, -0.05) is 18.2 Å². The van der Waals surface area contributed by atoms with Gasteiger partial charge in [0.15, 0.2) is 0 Å². The molecule has 194 valence electrons. The van der Waals surface area contributed by atoms with Crippen molar-refractivity contribution in [2.24, 2.45) is 0 Å². The number of hydrogen-bond donors (Lipinski definition) is 4. The van der Waals surface area contributed by atoms with Gasteiger partial charge in [-0.25, -0.2) is 15.0 Å². The van der Waals surface area contributed by atoms with Gasteiger partial charge in [0.1, 0.15) is 11.3 Å². The van der Waals surface area contributed by atoms with E-state index in [1.807, 2.05) is 67.5 Å². The lowest BCUT2D eigenvalue weighted by Crippen LogP contribution is -2.22. The highest BCUT2D eigenvalue weighted by molar-refractivity contribution is 6.00. The third kappa shape index (κ3) is 6.47. The first-order valence-corrected chi connectivity index (χ1v) is 12.6. The van der Waals surface area contributed by atoms with Gasteiger partial charge < -0.3 is 26.2 Å². The van der Waals surface area contributed by atoms with Crippen molar-refractivity contribution in [1.29, 1.82) is 0 Å². The number of nitrogens with one attached hydrogen (secondary N) is 4. The number of nitrogens with zero attached hydrogens (tertiary/aromatic N) is 5. The minimum Gasteiger partial charge on any atom is -0.366 e. The second kappa shape index (κ2) is 11.8. The normalized spacial score (nSPS) is 15.3. The zero-order valence-electron chi connectivity index (χ0n) is 21.5. The Kier molecular flexibility index (Phi) is 7.81. The van der Waals surface area contributed by atoms with Crippen LogP contribution in [0.3, 0.4) is 0 Å². The van der Waals surface area contributed by atoms with E-state index in [2.05, 4.69) is 36.2 Å². The monoisotopic (exact) mass is 509 g/mol. The number of rotatable bonds is 9. The highest BCUT2D eigenvalue weighted by atomic mass is 16.1. The van der Waals surface area contributed by atoms with Crippen LogP contribution >= 0.6 is 0 Å². The van der Waals surface area contributed by atoms with Crippen LogP contribution in [0.5, 0.6) is 0 Å². The molecule has 1 aromatic carbocycles. The Morgan fingerprint density at radius 1 is 1.11 bits per heavy atom. The number of pyridine rings is 2. The van der Waals surface area contributed by atoms with Crippen molar-refractivity contribution in [1.82, 2.24) is 30.2 Å². The average molecular weight is 510 g/mol. The van der Waals surface area contributed by atoms with Gasteiger partial charge in [-0.3, -0.25) is 9.78 Å². The van der Waals surface area contributed by atoms with Crippen LogP contribution in [0.4, 0.5) is 23.1 Å². The highest BCUT2D eigenvalue weighted by Crippen LogP contribution is 2.28. The predicted octanol–water partition coefficient (Wildman–Crippen LogP) is 3.66. The SMILES string of the molecule is CN(C)C/C=C/C(=O)Nc1cccc(-c2nccc3cnc(Nc4ccc(NC5CCNC5)nc4)nc23)c1. The summed E-state index contributed by atoms with van der Waals surface area (Å²) in [6.07, 6.45) is 9.72. The third-order valence-electron chi connectivity index (χ3n) is 6.07. The number of carbonyl (C=O) groups is 1. The first-order chi connectivity index (χ1) is 18.5. The summed E-state index contributed by atoms with van der Waals surface area (Å²) < 4.78 is 0. The van der Waals surface area contributed by atoms with Crippen molar-refractivity contribution in [3.63, 3.8) is 0 Å². The summed E-state index contributed by atoms with van der Waals surface area (Å²) in [5, 5.41) is 13.8. The summed E-state index contributed by atoms with van der Waals surface area (Å²) >= 11 is 0. The molecule has 4 N–H and O–H groups in total. The number of fused-ring (bicyclic) bond motifs is 1. The van der Waals surface area contributed by atoms with Gasteiger partial charge in [0.25, 0.3) is 0 Å². The fourth-order valence-corrected chi connectivity index (χ4v) is 4.20. The molecule has 0 bridgehead atoms. The molecule has 5 rings (SSSR count). The van der Waals surface area contributed by atoms with E-state index in [0.29, 0.717) is 35.4 Å². The number of hydrogen-bond acceptors (Lipinski definition) is 9. The molecule has 10 heteroatoms. The Morgan fingerprint density at radius 3 is 2.82 bits per heavy atom. The van der Waals surface area contributed by atoms with E-state index in [4.69, 9.17) is 4.98 Å². The number of benzene rings is 1. The summed E-state index contributed by atoms with van der Waals surface area (Å²) in [7, 11) is 3.90. The quantitative estimate of drug-likeness (QED) is 0.251. The second-order valence-electron chi connectivity index (χ2n) is 9.42. The van der Waals surface area contributed by atoms with E-state index >= 15 is 0 Å². The first kappa shape index (κ1) is 25.2. The summed E-state index contributed by atoms with van der Waals surface area (Å²) in [4.78, 5) is 32.6. The molecular weight excluding hydrogens is 478 g/mol. The van der Waals surface area contributed by atoms with Crippen molar-refractivity contribution >= 4 is 40.0 Å². The Morgan fingerprint density at radius 2 is 2.03 bits per heavy atom. The van der Waals surface area contributed by atoms with E-state index in [-0.39, 0.29) is 5.91 Å². The number of aromatic nitrogens is 4. The molecule has 0 aliphatic carbocycles. The van der Waals surface area contributed by atoms with Crippen molar-refractivity contribution in [3.8, 4) is 11.3 Å². The van der Waals surface area contributed by atoms with Gasteiger partial charge in [0.2, 0.25) is 11.9 Å². The van der Waals surface area contributed by atoms with Crippen LogP contribution in [0.25, 0.3) is 22.2 Å². The summed E-state index contributed by atoms with van der Waals surface area (Å²) in [6.45, 7) is 2.67. The maximum absolute atomic E-state index is 12.3. The lowest BCUT2D eigenvalue weighted by Gasteiger charge is -2.12. The largest absolute Gasteiger partial charge is 0.366 e. The van der Waals surface area contributed by atoms with E-state index in [9.17, 15) is 4.79 Å². The van der Waals surface area contributed by atoms with Crippen molar-refractivity contribution in [2.45, 2.75) is 12.5 Å². The maximum Gasteiger partial charge on any atom is 0.248 e. The van der Waals surface area contributed by atoms with Crippen LogP contribution in [0.1, 0.15) is 6.42 Å². The van der Waals surface area contributed by atoms with Gasteiger partial charge >= 0.3 is 0 Å². The minimum absolute atomic E-state index is 0.182. The summed E-state index contributed by atoms with van der Waals surface area (Å²) in [5.74, 6) is 1.11. The Hall–Kier alpha value is -4.41. The fourth-order valence-electron chi connectivity index (χ4n) is 4.20. The standard InChI is InChI=1S/C28H31N9O/c1-37(2)14-4-7-25(38)34-21-6-3-5-19(15-21)26-27-20(10-13-30-26)16-32-28(36-27)35-22-8-9-24(31-18-22)33-23-11-12-29-17-23/h3-10,13,15-16,18,23,29H,11-12,14,17H2,1-2H3,(H,31,33)(H,34,38)(H,32,35,36)/b7-4+. The summed E-state index contributed by atoms with van der Waals surface area (Å²) in [6, 6.07) is 13.8. The lowest BCUT2D eigenvalue weighted by atomic mass is 10.1. The fraction of sp³-hybridized carbons (Fsp3) is 0.250. The van der Waals surface area contributed by atoms with E-state index in [1.165, 1.54) is 6.08 Å². The molecule has 1 aliphatic heterocycles. The molecule has 0 saturated carbocycles. The summed E-state index contributed by atoms with van der Waals surface area (Å²) in [5.41, 5.74) is 3.72.